The summed E-state index contributed by atoms with van der Waals surface area (Å²) < 4.78 is 12.6. The normalized spacial score (nSPS) is 13.8. The molecule has 0 aliphatic carbocycles. The van der Waals surface area contributed by atoms with Crippen LogP contribution in [0, 0.1) is 0 Å². The van der Waals surface area contributed by atoms with Gasteiger partial charge in [0.05, 0.1) is 25.5 Å². The molecule has 3 aromatic rings. The van der Waals surface area contributed by atoms with E-state index in [4.69, 9.17) is 15.0 Å². The lowest BCUT2D eigenvalue weighted by Crippen LogP contribution is -2.09. The maximum absolute atomic E-state index is 5.80. The topological polar surface area (TPSA) is 91.1 Å². The summed E-state index contributed by atoms with van der Waals surface area (Å²) in [6, 6.07) is 3.88. The summed E-state index contributed by atoms with van der Waals surface area (Å²) in [5.74, 6) is 1.01. The summed E-state index contributed by atoms with van der Waals surface area (Å²) in [6.45, 7) is 2.39. The number of hydrogen-bond donors (Lipinski definition) is 2. The molecule has 0 atom stereocenters. The van der Waals surface area contributed by atoms with E-state index in [-0.39, 0.29) is 0 Å². The van der Waals surface area contributed by atoms with Crippen molar-refractivity contribution in [3.8, 4) is 5.75 Å². The lowest BCUT2D eigenvalue weighted by Gasteiger charge is -2.08. The SMILES string of the molecule is COc1cc(Cn2ncc3c2CNC3)cc2onc(N)c12. The minimum Gasteiger partial charge on any atom is -0.496 e. The smallest absolute Gasteiger partial charge is 0.178 e. The molecule has 2 aromatic heterocycles. The van der Waals surface area contributed by atoms with E-state index in [0.29, 0.717) is 29.1 Å². The number of hydrogen-bond acceptors (Lipinski definition) is 6. The molecule has 0 radical (unpaired) electrons. The Balaban J connectivity index is 1.76. The van der Waals surface area contributed by atoms with Crippen LogP contribution >= 0.6 is 0 Å². The number of nitrogens with zero attached hydrogens (tertiary/aromatic N) is 3. The number of ether oxygens (including phenoxy) is 1. The van der Waals surface area contributed by atoms with Crippen molar-refractivity contribution >= 4 is 16.8 Å². The third-order valence-electron chi connectivity index (χ3n) is 3.82. The fourth-order valence-electron chi connectivity index (χ4n) is 2.79. The number of nitrogens with one attached hydrogen (secondary N) is 1. The Morgan fingerprint density at radius 2 is 2.33 bits per heavy atom. The molecule has 108 valence electrons. The van der Waals surface area contributed by atoms with Gasteiger partial charge in [0, 0.05) is 18.7 Å². The third-order valence-corrected chi connectivity index (χ3v) is 3.82. The van der Waals surface area contributed by atoms with Crippen molar-refractivity contribution in [3.63, 3.8) is 0 Å². The van der Waals surface area contributed by atoms with Gasteiger partial charge in [0.15, 0.2) is 11.4 Å². The first-order valence-corrected chi connectivity index (χ1v) is 6.72. The number of fused-ring (bicyclic) bond motifs is 2. The van der Waals surface area contributed by atoms with Gasteiger partial charge in [-0.2, -0.15) is 5.10 Å². The first-order chi connectivity index (χ1) is 10.3. The molecule has 0 bridgehead atoms. The van der Waals surface area contributed by atoms with Crippen LogP contribution in [0.15, 0.2) is 22.9 Å². The van der Waals surface area contributed by atoms with Gasteiger partial charge in [-0.25, -0.2) is 0 Å². The molecule has 0 spiro atoms. The first kappa shape index (κ1) is 12.2. The predicted octanol–water partition coefficient (Wildman–Crippen LogP) is 1.27. The van der Waals surface area contributed by atoms with Crippen molar-refractivity contribution in [1.82, 2.24) is 20.3 Å². The van der Waals surface area contributed by atoms with Crippen molar-refractivity contribution < 1.29 is 9.26 Å². The van der Waals surface area contributed by atoms with Crippen LogP contribution in [0.1, 0.15) is 16.8 Å². The van der Waals surface area contributed by atoms with E-state index >= 15 is 0 Å². The summed E-state index contributed by atoms with van der Waals surface area (Å²) in [7, 11) is 1.61. The molecular formula is C14H15N5O2. The maximum atomic E-state index is 5.80. The highest BCUT2D eigenvalue weighted by Gasteiger charge is 2.18. The fraction of sp³-hybridized carbons (Fsp3) is 0.286. The highest BCUT2D eigenvalue weighted by Crippen LogP contribution is 2.32. The molecule has 7 heteroatoms. The number of anilines is 1. The lowest BCUT2D eigenvalue weighted by atomic mass is 10.1. The standard InChI is InChI=1S/C14H15N5O2/c1-20-11-2-8(3-12-13(11)14(15)18-21-12)7-19-10-6-16-4-9(10)5-17-19/h2-3,5,16H,4,6-7H2,1H3,(H2,15,18). The molecule has 7 nitrogen and oxygen atoms in total. The van der Waals surface area contributed by atoms with Crippen molar-refractivity contribution in [2.24, 2.45) is 0 Å². The van der Waals surface area contributed by atoms with Crippen LogP contribution in [-0.4, -0.2) is 22.0 Å². The zero-order valence-corrected chi connectivity index (χ0v) is 11.6. The van der Waals surface area contributed by atoms with Gasteiger partial charge in [0.2, 0.25) is 0 Å². The molecule has 0 saturated heterocycles. The number of nitrogens with two attached hydrogens (primary N) is 1. The van der Waals surface area contributed by atoms with E-state index in [2.05, 4.69) is 15.6 Å². The molecule has 0 saturated carbocycles. The zero-order chi connectivity index (χ0) is 14.4. The second-order valence-corrected chi connectivity index (χ2v) is 5.12. The predicted molar refractivity (Wildman–Crippen MR) is 76.8 cm³/mol. The Kier molecular flexibility index (Phi) is 2.61. The van der Waals surface area contributed by atoms with Crippen LogP contribution < -0.4 is 15.8 Å². The van der Waals surface area contributed by atoms with E-state index in [1.807, 2.05) is 23.0 Å². The number of benzene rings is 1. The second kappa shape index (κ2) is 4.49. The highest BCUT2D eigenvalue weighted by atomic mass is 16.5. The fourth-order valence-corrected chi connectivity index (χ4v) is 2.79. The average molecular weight is 285 g/mol. The van der Waals surface area contributed by atoms with Gasteiger partial charge in [-0.1, -0.05) is 5.16 Å². The van der Waals surface area contributed by atoms with Crippen LogP contribution in [0.25, 0.3) is 11.0 Å². The number of nitrogen functional groups attached to an aromatic ring is 1. The van der Waals surface area contributed by atoms with Gasteiger partial charge in [-0.3, -0.25) is 4.68 Å². The number of aromatic nitrogens is 3. The highest BCUT2D eigenvalue weighted by molar-refractivity contribution is 5.93. The Morgan fingerprint density at radius 1 is 1.43 bits per heavy atom. The van der Waals surface area contributed by atoms with Crippen LogP contribution in [0.5, 0.6) is 5.75 Å². The first-order valence-electron chi connectivity index (χ1n) is 6.72. The molecule has 1 aliphatic rings. The molecule has 3 N–H and O–H groups in total. The molecule has 3 heterocycles. The van der Waals surface area contributed by atoms with Crippen molar-refractivity contribution in [2.45, 2.75) is 19.6 Å². The summed E-state index contributed by atoms with van der Waals surface area (Å²) in [4.78, 5) is 0. The lowest BCUT2D eigenvalue weighted by molar-refractivity contribution is 0.418. The Hall–Kier alpha value is -2.54. The van der Waals surface area contributed by atoms with Gasteiger partial charge in [0.25, 0.3) is 0 Å². The van der Waals surface area contributed by atoms with E-state index in [9.17, 15) is 0 Å². The van der Waals surface area contributed by atoms with Gasteiger partial charge in [-0.05, 0) is 17.7 Å². The molecular weight excluding hydrogens is 270 g/mol. The minimum atomic E-state index is 0.345. The van der Waals surface area contributed by atoms with Gasteiger partial charge in [0.1, 0.15) is 11.1 Å². The maximum Gasteiger partial charge on any atom is 0.178 e. The Bertz CT molecular complexity index is 820. The third kappa shape index (κ3) is 1.85. The molecule has 1 aromatic carbocycles. The number of rotatable bonds is 3. The van der Waals surface area contributed by atoms with E-state index in [1.165, 1.54) is 11.3 Å². The molecule has 0 unspecified atom stereocenters. The van der Waals surface area contributed by atoms with E-state index < -0.39 is 0 Å². The molecule has 21 heavy (non-hydrogen) atoms. The van der Waals surface area contributed by atoms with Crippen LogP contribution in [0.3, 0.4) is 0 Å². The summed E-state index contributed by atoms with van der Waals surface area (Å²) in [6.07, 6.45) is 1.91. The molecule has 4 rings (SSSR count). The van der Waals surface area contributed by atoms with Crippen LogP contribution in [0.4, 0.5) is 5.82 Å². The average Bonchev–Trinajstić information content (AvgIpc) is 3.17. The van der Waals surface area contributed by atoms with Crippen molar-refractivity contribution in [3.05, 3.63) is 35.2 Å². The Morgan fingerprint density at radius 3 is 3.19 bits per heavy atom. The van der Waals surface area contributed by atoms with Crippen molar-refractivity contribution in [2.75, 3.05) is 12.8 Å². The summed E-state index contributed by atoms with van der Waals surface area (Å²) >= 11 is 0. The zero-order valence-electron chi connectivity index (χ0n) is 11.6. The second-order valence-electron chi connectivity index (χ2n) is 5.12. The largest absolute Gasteiger partial charge is 0.496 e. The van der Waals surface area contributed by atoms with Gasteiger partial charge >= 0.3 is 0 Å². The minimum absolute atomic E-state index is 0.345. The van der Waals surface area contributed by atoms with Crippen LogP contribution in [0.2, 0.25) is 0 Å². The summed E-state index contributed by atoms with van der Waals surface area (Å²) in [5.41, 5.74) is 9.95. The van der Waals surface area contributed by atoms with Gasteiger partial charge < -0.3 is 20.3 Å². The quantitative estimate of drug-likeness (QED) is 0.753. The Labute approximate surface area is 120 Å². The summed E-state index contributed by atoms with van der Waals surface area (Å²) in [5, 5.41) is 12.3. The van der Waals surface area contributed by atoms with Crippen molar-refractivity contribution in [1.29, 1.82) is 0 Å². The van der Waals surface area contributed by atoms with E-state index in [1.54, 1.807) is 7.11 Å². The van der Waals surface area contributed by atoms with Gasteiger partial charge in [-0.15, -0.1) is 0 Å². The van der Waals surface area contributed by atoms with Crippen LogP contribution in [-0.2, 0) is 19.6 Å². The molecule has 0 amide bonds. The molecule has 1 aliphatic heterocycles. The monoisotopic (exact) mass is 285 g/mol. The molecule has 0 fully saturated rings. The van der Waals surface area contributed by atoms with E-state index in [0.717, 1.165) is 18.7 Å². The number of methoxy groups -OCH3 is 1.